The Kier molecular flexibility index (Phi) is 6.13. The van der Waals surface area contributed by atoms with E-state index in [1.54, 1.807) is 42.5 Å². The molecule has 1 heterocycles. The summed E-state index contributed by atoms with van der Waals surface area (Å²) < 4.78 is 38.4. The lowest BCUT2D eigenvalue weighted by Gasteiger charge is -2.13. The number of nitrogens with one attached hydrogen (secondary N) is 1. The van der Waals surface area contributed by atoms with Gasteiger partial charge in [0.1, 0.15) is 30.1 Å². The lowest BCUT2D eigenvalue weighted by molar-refractivity contribution is 0.269. The number of aromatic nitrogens is 2. The van der Waals surface area contributed by atoms with Crippen molar-refractivity contribution >= 4 is 22.7 Å². The van der Waals surface area contributed by atoms with Crippen LogP contribution in [0.3, 0.4) is 0 Å². The Bertz CT molecular complexity index is 1340. The van der Waals surface area contributed by atoms with Gasteiger partial charge in [0.15, 0.2) is 11.5 Å². The Hall–Kier alpha value is -4.18. The van der Waals surface area contributed by atoms with Gasteiger partial charge in [0.2, 0.25) is 0 Å². The molecule has 5 nitrogen and oxygen atoms in total. The SMILES string of the molecule is CCOc1cc(/C=C(/C#N)c2nc3ccc(F)cc3[nH]2)ccc1OCc1cccc(F)c1. The molecule has 1 N–H and O–H groups in total. The van der Waals surface area contributed by atoms with E-state index in [1.807, 2.05) is 6.92 Å². The number of H-pyrrole nitrogens is 1. The molecular formula is C25H19F2N3O2. The third-order valence-corrected chi connectivity index (χ3v) is 4.68. The number of allylic oxidation sites excluding steroid dienone is 1. The first kappa shape index (κ1) is 21.1. The third-order valence-electron chi connectivity index (χ3n) is 4.68. The van der Waals surface area contributed by atoms with Crippen molar-refractivity contribution in [2.24, 2.45) is 0 Å². The molecule has 0 amide bonds. The molecule has 1 aromatic heterocycles. The maximum atomic E-state index is 13.4. The van der Waals surface area contributed by atoms with Gasteiger partial charge in [-0.2, -0.15) is 5.26 Å². The second-order valence-electron chi connectivity index (χ2n) is 6.97. The van der Waals surface area contributed by atoms with Gasteiger partial charge in [0, 0.05) is 0 Å². The maximum absolute atomic E-state index is 13.4. The number of ether oxygens (including phenoxy) is 2. The fourth-order valence-corrected chi connectivity index (χ4v) is 3.22. The highest BCUT2D eigenvalue weighted by Gasteiger charge is 2.11. The van der Waals surface area contributed by atoms with Gasteiger partial charge in [-0.25, -0.2) is 13.8 Å². The lowest BCUT2D eigenvalue weighted by Crippen LogP contribution is -2.00. The first-order chi connectivity index (χ1) is 15.6. The Morgan fingerprint density at radius 1 is 1.03 bits per heavy atom. The van der Waals surface area contributed by atoms with Gasteiger partial charge in [-0.15, -0.1) is 0 Å². The summed E-state index contributed by atoms with van der Waals surface area (Å²) >= 11 is 0. The Labute approximate surface area is 183 Å². The van der Waals surface area contributed by atoms with Crippen molar-refractivity contribution in [3.05, 3.63) is 89.2 Å². The summed E-state index contributed by atoms with van der Waals surface area (Å²) in [6.45, 7) is 2.46. The lowest BCUT2D eigenvalue weighted by atomic mass is 10.1. The quantitative estimate of drug-likeness (QED) is 0.371. The molecule has 32 heavy (non-hydrogen) atoms. The molecule has 0 spiro atoms. The van der Waals surface area contributed by atoms with Crippen molar-refractivity contribution in [1.29, 1.82) is 5.26 Å². The van der Waals surface area contributed by atoms with E-state index in [0.717, 1.165) is 0 Å². The van der Waals surface area contributed by atoms with Crippen LogP contribution in [0.15, 0.2) is 60.7 Å². The molecule has 0 atom stereocenters. The number of rotatable bonds is 7. The van der Waals surface area contributed by atoms with Crippen LogP contribution < -0.4 is 9.47 Å². The third kappa shape index (κ3) is 4.76. The van der Waals surface area contributed by atoms with Crippen LogP contribution in [0.4, 0.5) is 8.78 Å². The second kappa shape index (κ2) is 9.31. The number of nitrogens with zero attached hydrogens (tertiary/aromatic N) is 2. The molecule has 0 aliphatic heterocycles. The predicted molar refractivity (Wildman–Crippen MR) is 118 cm³/mol. The zero-order valence-corrected chi connectivity index (χ0v) is 17.2. The Balaban J connectivity index is 1.61. The summed E-state index contributed by atoms with van der Waals surface area (Å²) in [5.74, 6) is 0.643. The van der Waals surface area contributed by atoms with Crippen LogP contribution >= 0.6 is 0 Å². The molecule has 0 fully saturated rings. The van der Waals surface area contributed by atoms with E-state index >= 15 is 0 Å². The van der Waals surface area contributed by atoms with E-state index in [2.05, 4.69) is 16.0 Å². The summed E-state index contributed by atoms with van der Waals surface area (Å²) in [7, 11) is 0. The fourth-order valence-electron chi connectivity index (χ4n) is 3.22. The van der Waals surface area contributed by atoms with Crippen molar-refractivity contribution in [3.63, 3.8) is 0 Å². The van der Waals surface area contributed by atoms with Crippen molar-refractivity contribution in [2.75, 3.05) is 6.61 Å². The van der Waals surface area contributed by atoms with Crippen LogP contribution in [0.2, 0.25) is 0 Å². The van der Waals surface area contributed by atoms with Gasteiger partial charge >= 0.3 is 0 Å². The average Bonchev–Trinajstić information content (AvgIpc) is 3.20. The first-order valence-electron chi connectivity index (χ1n) is 9.97. The Morgan fingerprint density at radius 2 is 1.88 bits per heavy atom. The molecule has 4 rings (SSSR count). The number of hydrogen-bond donors (Lipinski definition) is 1. The van der Waals surface area contributed by atoms with Crippen LogP contribution in [-0.2, 0) is 6.61 Å². The van der Waals surface area contributed by atoms with Crippen LogP contribution in [-0.4, -0.2) is 16.6 Å². The highest BCUT2D eigenvalue weighted by molar-refractivity contribution is 5.90. The average molecular weight is 431 g/mol. The van der Waals surface area contributed by atoms with Crippen molar-refractivity contribution in [3.8, 4) is 17.6 Å². The molecular weight excluding hydrogens is 412 g/mol. The van der Waals surface area contributed by atoms with Crippen LogP contribution in [0.5, 0.6) is 11.5 Å². The number of nitriles is 1. The molecule has 0 aliphatic carbocycles. The highest BCUT2D eigenvalue weighted by Crippen LogP contribution is 2.31. The minimum Gasteiger partial charge on any atom is -0.490 e. The molecule has 0 saturated heterocycles. The fraction of sp³-hybridized carbons (Fsp3) is 0.120. The number of hydrogen-bond acceptors (Lipinski definition) is 4. The minimum absolute atomic E-state index is 0.187. The van der Waals surface area contributed by atoms with E-state index in [-0.39, 0.29) is 23.8 Å². The van der Waals surface area contributed by atoms with Gasteiger partial charge in [0.05, 0.1) is 23.2 Å². The Morgan fingerprint density at radius 3 is 2.66 bits per heavy atom. The van der Waals surface area contributed by atoms with E-state index in [1.165, 1.54) is 24.3 Å². The molecule has 0 saturated carbocycles. The zero-order chi connectivity index (χ0) is 22.5. The number of fused-ring (bicyclic) bond motifs is 1. The van der Waals surface area contributed by atoms with E-state index in [4.69, 9.17) is 9.47 Å². The molecule has 0 bridgehead atoms. The van der Waals surface area contributed by atoms with Crippen LogP contribution in [0, 0.1) is 23.0 Å². The van der Waals surface area contributed by atoms with Crippen molar-refractivity contribution in [2.45, 2.75) is 13.5 Å². The number of halogens is 2. The van der Waals surface area contributed by atoms with E-state index in [9.17, 15) is 14.0 Å². The molecule has 0 unspecified atom stereocenters. The summed E-state index contributed by atoms with van der Waals surface area (Å²) in [6, 6.07) is 17.8. The van der Waals surface area contributed by atoms with Crippen LogP contribution in [0.1, 0.15) is 23.9 Å². The van der Waals surface area contributed by atoms with E-state index < -0.39 is 0 Å². The molecule has 7 heteroatoms. The van der Waals surface area contributed by atoms with Gasteiger partial charge < -0.3 is 14.5 Å². The largest absolute Gasteiger partial charge is 0.490 e. The molecule has 3 aromatic carbocycles. The second-order valence-corrected chi connectivity index (χ2v) is 6.97. The number of benzene rings is 3. The maximum Gasteiger partial charge on any atom is 0.161 e. The summed E-state index contributed by atoms with van der Waals surface area (Å²) in [4.78, 5) is 7.34. The van der Waals surface area contributed by atoms with Crippen molar-refractivity contribution in [1.82, 2.24) is 9.97 Å². The standard InChI is InChI=1S/C25H19F2N3O2/c1-2-31-24-12-16(6-9-23(24)32-15-17-4-3-5-19(26)11-17)10-18(14-28)25-29-21-8-7-20(27)13-22(21)30-25/h3-13H,2,15H2,1H3,(H,29,30)/b18-10-. The number of aromatic amines is 1. The van der Waals surface area contributed by atoms with Gasteiger partial charge in [0.25, 0.3) is 0 Å². The monoisotopic (exact) mass is 431 g/mol. The predicted octanol–water partition coefficient (Wildman–Crippen LogP) is 5.88. The molecule has 160 valence electrons. The minimum atomic E-state index is -0.384. The van der Waals surface area contributed by atoms with E-state index in [0.29, 0.717) is 46.1 Å². The smallest absolute Gasteiger partial charge is 0.161 e. The van der Waals surface area contributed by atoms with Crippen LogP contribution in [0.25, 0.3) is 22.7 Å². The summed E-state index contributed by atoms with van der Waals surface area (Å²) in [5.41, 5.74) is 2.77. The molecule has 0 aliphatic rings. The summed E-state index contributed by atoms with van der Waals surface area (Å²) in [6.07, 6.45) is 1.66. The highest BCUT2D eigenvalue weighted by atomic mass is 19.1. The topological polar surface area (TPSA) is 70.9 Å². The molecule has 0 radical (unpaired) electrons. The van der Waals surface area contributed by atoms with Crippen molar-refractivity contribution < 1.29 is 18.3 Å². The summed E-state index contributed by atoms with van der Waals surface area (Å²) in [5, 5.41) is 9.64. The van der Waals surface area contributed by atoms with Gasteiger partial charge in [-0.3, -0.25) is 0 Å². The molecule has 4 aromatic rings. The zero-order valence-electron chi connectivity index (χ0n) is 17.2. The van der Waals surface area contributed by atoms with Gasteiger partial charge in [-0.05, 0) is 66.6 Å². The van der Waals surface area contributed by atoms with Gasteiger partial charge in [-0.1, -0.05) is 18.2 Å². The number of imidazole rings is 1. The first-order valence-corrected chi connectivity index (χ1v) is 9.97. The normalized spacial score (nSPS) is 11.4.